The van der Waals surface area contributed by atoms with E-state index < -0.39 is 0 Å². The Morgan fingerprint density at radius 3 is 2.83 bits per heavy atom. The van der Waals surface area contributed by atoms with Gasteiger partial charge >= 0.3 is 0 Å². The summed E-state index contributed by atoms with van der Waals surface area (Å²) in [6.45, 7) is 4.34. The Balaban J connectivity index is 1.69. The maximum Gasteiger partial charge on any atom is 0.238 e. The fourth-order valence-electron chi connectivity index (χ4n) is 3.31. The number of para-hydroxylation sites is 1. The van der Waals surface area contributed by atoms with Gasteiger partial charge in [0, 0.05) is 23.9 Å². The average Bonchev–Trinajstić information content (AvgIpc) is 3.07. The molecular formula is C18H22N2O2S. The number of rotatable bonds is 5. The number of anilines is 1. The van der Waals surface area contributed by atoms with E-state index in [4.69, 9.17) is 0 Å². The maximum absolute atomic E-state index is 12.7. The minimum Gasteiger partial charge on any atom is -0.336 e. The van der Waals surface area contributed by atoms with Gasteiger partial charge in [-0.2, -0.15) is 0 Å². The lowest BCUT2D eigenvalue weighted by atomic mass is 10.1. The number of hydrogen-bond donors (Lipinski definition) is 1. The van der Waals surface area contributed by atoms with Gasteiger partial charge in [0.15, 0.2) is 0 Å². The lowest BCUT2D eigenvalue weighted by molar-refractivity contribution is -0.134. The highest BCUT2D eigenvalue weighted by molar-refractivity contribution is 8.01. The standard InChI is InChI=1S/C18H22N2O2S/c1-2-11-20(13-7-3-4-8-13)17(21)12-16-18(22)19-14-9-5-6-10-15(14)23-16/h2,5-6,9-10,13,16H,1,3-4,7-8,11-12H2,(H,19,22)/t16-/m0/s1. The van der Waals surface area contributed by atoms with Crippen molar-refractivity contribution in [2.45, 2.75) is 48.3 Å². The summed E-state index contributed by atoms with van der Waals surface area (Å²) in [4.78, 5) is 27.9. The van der Waals surface area contributed by atoms with Crippen LogP contribution in [0.2, 0.25) is 0 Å². The van der Waals surface area contributed by atoms with Crippen molar-refractivity contribution in [3.8, 4) is 0 Å². The molecule has 1 aliphatic heterocycles. The second-order valence-electron chi connectivity index (χ2n) is 6.07. The van der Waals surface area contributed by atoms with Gasteiger partial charge in [0.2, 0.25) is 11.8 Å². The van der Waals surface area contributed by atoms with Crippen LogP contribution in [0.25, 0.3) is 0 Å². The van der Waals surface area contributed by atoms with E-state index >= 15 is 0 Å². The third kappa shape index (κ3) is 3.61. The Labute approximate surface area is 141 Å². The van der Waals surface area contributed by atoms with Crippen LogP contribution in [0, 0.1) is 0 Å². The second-order valence-corrected chi connectivity index (χ2v) is 7.31. The molecule has 0 radical (unpaired) electrons. The first-order valence-corrected chi connectivity index (χ1v) is 9.04. The highest BCUT2D eigenvalue weighted by atomic mass is 32.2. The molecule has 3 rings (SSSR count). The van der Waals surface area contributed by atoms with Crippen molar-refractivity contribution in [3.63, 3.8) is 0 Å². The van der Waals surface area contributed by atoms with Crippen LogP contribution in [0.3, 0.4) is 0 Å². The average molecular weight is 330 g/mol. The van der Waals surface area contributed by atoms with E-state index in [2.05, 4.69) is 11.9 Å². The third-order valence-corrected chi connectivity index (χ3v) is 5.75. The molecule has 1 aliphatic carbocycles. The molecule has 0 aromatic heterocycles. The smallest absolute Gasteiger partial charge is 0.238 e. The summed E-state index contributed by atoms with van der Waals surface area (Å²) in [5.41, 5.74) is 0.838. The van der Waals surface area contributed by atoms with Gasteiger partial charge in [-0.1, -0.05) is 31.1 Å². The van der Waals surface area contributed by atoms with Gasteiger partial charge in [-0.25, -0.2) is 0 Å². The van der Waals surface area contributed by atoms with Crippen molar-refractivity contribution < 1.29 is 9.59 Å². The number of carbonyl (C=O) groups excluding carboxylic acids is 2. The first kappa shape index (κ1) is 16.1. The molecule has 0 unspecified atom stereocenters. The molecule has 4 nitrogen and oxygen atoms in total. The van der Waals surface area contributed by atoms with Gasteiger partial charge < -0.3 is 10.2 Å². The van der Waals surface area contributed by atoms with Gasteiger partial charge in [-0.3, -0.25) is 9.59 Å². The molecule has 1 atom stereocenters. The molecule has 122 valence electrons. The highest BCUT2D eigenvalue weighted by Gasteiger charge is 2.32. The van der Waals surface area contributed by atoms with Crippen molar-refractivity contribution >= 4 is 29.3 Å². The first-order valence-electron chi connectivity index (χ1n) is 8.16. The Bertz CT molecular complexity index is 611. The SMILES string of the molecule is C=CCN(C(=O)C[C@@H]1Sc2ccccc2NC1=O)C1CCCC1. The van der Waals surface area contributed by atoms with E-state index in [9.17, 15) is 9.59 Å². The molecule has 1 fully saturated rings. The van der Waals surface area contributed by atoms with Gasteiger partial charge in [0.1, 0.15) is 0 Å². The van der Waals surface area contributed by atoms with Crippen molar-refractivity contribution in [2.24, 2.45) is 0 Å². The number of benzene rings is 1. The molecule has 1 saturated carbocycles. The van der Waals surface area contributed by atoms with Crippen molar-refractivity contribution in [1.29, 1.82) is 0 Å². The molecule has 2 aliphatic rings. The largest absolute Gasteiger partial charge is 0.336 e. The molecule has 1 aromatic rings. The maximum atomic E-state index is 12.7. The second kappa shape index (κ2) is 7.21. The van der Waals surface area contributed by atoms with E-state index in [-0.39, 0.29) is 23.5 Å². The number of nitrogens with one attached hydrogen (secondary N) is 1. The van der Waals surface area contributed by atoms with Crippen LogP contribution in [0.1, 0.15) is 32.1 Å². The summed E-state index contributed by atoms with van der Waals surface area (Å²) in [5.74, 6) is -0.0177. The van der Waals surface area contributed by atoms with Crippen molar-refractivity contribution in [2.75, 3.05) is 11.9 Å². The molecule has 0 spiro atoms. The summed E-state index contributed by atoms with van der Waals surface area (Å²) >= 11 is 1.49. The minimum absolute atomic E-state index is 0.0591. The van der Waals surface area contributed by atoms with Crippen LogP contribution in [0.4, 0.5) is 5.69 Å². The number of hydrogen-bond acceptors (Lipinski definition) is 3. The van der Waals surface area contributed by atoms with Crippen LogP contribution in [0.15, 0.2) is 41.8 Å². The predicted molar refractivity (Wildman–Crippen MR) is 93.5 cm³/mol. The number of fused-ring (bicyclic) bond motifs is 1. The van der Waals surface area contributed by atoms with Crippen LogP contribution in [-0.4, -0.2) is 34.6 Å². The number of nitrogens with zero attached hydrogens (tertiary/aromatic N) is 1. The van der Waals surface area contributed by atoms with Gasteiger partial charge in [0.05, 0.1) is 10.9 Å². The summed E-state index contributed by atoms with van der Waals surface area (Å²) in [6, 6.07) is 8.03. The fraction of sp³-hybridized carbons (Fsp3) is 0.444. The monoisotopic (exact) mass is 330 g/mol. The van der Waals surface area contributed by atoms with E-state index in [1.54, 1.807) is 6.08 Å². The molecule has 1 heterocycles. The summed E-state index contributed by atoms with van der Waals surface area (Å²) < 4.78 is 0. The quantitative estimate of drug-likeness (QED) is 0.841. The Kier molecular flexibility index (Phi) is 5.06. The molecule has 0 saturated heterocycles. The Morgan fingerprint density at radius 2 is 2.09 bits per heavy atom. The first-order chi connectivity index (χ1) is 11.2. The predicted octanol–water partition coefficient (Wildman–Crippen LogP) is 3.45. The summed E-state index contributed by atoms with van der Waals surface area (Å²) in [5, 5.41) is 2.55. The lowest BCUT2D eigenvalue weighted by Gasteiger charge is -2.30. The number of amides is 2. The third-order valence-electron chi connectivity index (χ3n) is 4.48. The zero-order valence-electron chi connectivity index (χ0n) is 13.2. The molecule has 5 heteroatoms. The Hall–Kier alpha value is -1.75. The van der Waals surface area contributed by atoms with Gasteiger partial charge in [-0.05, 0) is 25.0 Å². The fourth-order valence-corrected chi connectivity index (χ4v) is 4.41. The number of thioether (sulfide) groups is 1. The summed E-state index contributed by atoms with van der Waals surface area (Å²) in [6.07, 6.45) is 6.50. The molecule has 2 amide bonds. The number of carbonyl (C=O) groups is 2. The molecule has 1 N–H and O–H groups in total. The van der Waals surface area contributed by atoms with Crippen LogP contribution >= 0.6 is 11.8 Å². The molecule has 23 heavy (non-hydrogen) atoms. The minimum atomic E-state index is -0.355. The Morgan fingerprint density at radius 1 is 1.35 bits per heavy atom. The van der Waals surface area contributed by atoms with Crippen LogP contribution in [-0.2, 0) is 9.59 Å². The van der Waals surface area contributed by atoms with Gasteiger partial charge in [0.25, 0.3) is 0 Å². The molecular weight excluding hydrogens is 308 g/mol. The highest BCUT2D eigenvalue weighted by Crippen LogP contribution is 2.37. The summed E-state index contributed by atoms with van der Waals surface area (Å²) in [7, 11) is 0. The van der Waals surface area contributed by atoms with Crippen LogP contribution < -0.4 is 5.32 Å². The molecule has 1 aromatic carbocycles. The zero-order chi connectivity index (χ0) is 16.2. The molecule has 0 bridgehead atoms. The van der Waals surface area contributed by atoms with E-state index in [0.29, 0.717) is 12.6 Å². The van der Waals surface area contributed by atoms with E-state index in [1.165, 1.54) is 24.6 Å². The zero-order valence-corrected chi connectivity index (χ0v) is 14.0. The van der Waals surface area contributed by atoms with E-state index in [0.717, 1.165) is 23.4 Å². The normalized spacial score (nSPS) is 20.7. The van der Waals surface area contributed by atoms with E-state index in [1.807, 2.05) is 29.2 Å². The topological polar surface area (TPSA) is 49.4 Å². The van der Waals surface area contributed by atoms with Crippen molar-refractivity contribution in [3.05, 3.63) is 36.9 Å². The van der Waals surface area contributed by atoms with Crippen molar-refractivity contribution in [1.82, 2.24) is 4.90 Å². The van der Waals surface area contributed by atoms with Gasteiger partial charge in [-0.15, -0.1) is 18.3 Å². The van der Waals surface area contributed by atoms with Crippen LogP contribution in [0.5, 0.6) is 0 Å². The lowest BCUT2D eigenvalue weighted by Crippen LogP contribution is -2.42.